The normalized spacial score (nSPS) is 20.0. The smallest absolute Gasteiger partial charge is 0.407 e. The zero-order valence-corrected chi connectivity index (χ0v) is 7.69. The van der Waals surface area contributed by atoms with Crippen molar-refractivity contribution < 1.29 is 9.53 Å². The second kappa shape index (κ2) is 3.54. The van der Waals surface area contributed by atoms with E-state index in [0.717, 1.165) is 11.1 Å². The maximum absolute atomic E-state index is 10.8. The third-order valence-corrected chi connectivity index (χ3v) is 2.24. The van der Waals surface area contributed by atoms with Crippen LogP contribution < -0.4 is 5.32 Å². The minimum absolute atomic E-state index is 0.0927. The fourth-order valence-electron chi connectivity index (χ4n) is 1.43. The molecule has 0 bridgehead atoms. The molecule has 3 nitrogen and oxygen atoms in total. The van der Waals surface area contributed by atoms with Crippen molar-refractivity contribution in [3.63, 3.8) is 0 Å². The van der Waals surface area contributed by atoms with E-state index >= 15 is 0 Å². The van der Waals surface area contributed by atoms with E-state index in [0.29, 0.717) is 6.61 Å². The van der Waals surface area contributed by atoms with Gasteiger partial charge in [-0.25, -0.2) is 4.79 Å². The number of rotatable bonds is 2. The lowest BCUT2D eigenvalue weighted by molar-refractivity contribution is 0.177. The maximum Gasteiger partial charge on any atom is 0.407 e. The molecule has 14 heavy (non-hydrogen) atoms. The number of alkyl carbamates (subject to hydrolysis) is 1. The van der Waals surface area contributed by atoms with Crippen LogP contribution in [0.1, 0.15) is 5.56 Å². The molecule has 1 aliphatic heterocycles. The van der Waals surface area contributed by atoms with Gasteiger partial charge in [-0.3, -0.25) is 0 Å². The first-order valence-electron chi connectivity index (χ1n) is 4.45. The van der Waals surface area contributed by atoms with Gasteiger partial charge in [-0.2, -0.15) is 0 Å². The van der Waals surface area contributed by atoms with Crippen LogP contribution in [0.4, 0.5) is 4.79 Å². The van der Waals surface area contributed by atoms with Crippen LogP contribution in [0.5, 0.6) is 0 Å². The van der Waals surface area contributed by atoms with Crippen molar-refractivity contribution in [2.24, 2.45) is 0 Å². The molecule has 0 unspecified atom stereocenters. The van der Waals surface area contributed by atoms with E-state index in [2.05, 4.69) is 11.9 Å². The summed E-state index contributed by atoms with van der Waals surface area (Å²) in [4.78, 5) is 10.8. The molecule has 72 valence electrons. The highest BCUT2D eigenvalue weighted by molar-refractivity contribution is 5.77. The molecular formula is C11H11NO2. The Labute approximate surface area is 82.4 Å². The SMILES string of the molecule is C=C(c1ccccc1)[C@@H]1COC(=O)N1. The molecule has 0 aliphatic carbocycles. The molecule has 1 heterocycles. The summed E-state index contributed by atoms with van der Waals surface area (Å²) in [6.45, 7) is 4.31. The van der Waals surface area contributed by atoms with E-state index in [1.54, 1.807) is 0 Å². The van der Waals surface area contributed by atoms with Gasteiger partial charge < -0.3 is 10.1 Å². The Balaban J connectivity index is 2.13. The maximum atomic E-state index is 10.8. The molecule has 1 amide bonds. The Kier molecular flexibility index (Phi) is 2.23. The first-order valence-corrected chi connectivity index (χ1v) is 4.45. The Morgan fingerprint density at radius 3 is 2.71 bits per heavy atom. The molecule has 2 rings (SSSR count). The Morgan fingerprint density at radius 1 is 1.43 bits per heavy atom. The molecule has 0 radical (unpaired) electrons. The highest BCUT2D eigenvalue weighted by Gasteiger charge is 2.24. The lowest BCUT2D eigenvalue weighted by atomic mass is 10.0. The first kappa shape index (κ1) is 8.81. The fraction of sp³-hybridized carbons (Fsp3) is 0.182. The number of carbonyl (C=O) groups is 1. The number of amides is 1. The topological polar surface area (TPSA) is 38.3 Å². The largest absolute Gasteiger partial charge is 0.447 e. The van der Waals surface area contributed by atoms with Gasteiger partial charge in [0.2, 0.25) is 0 Å². The number of hydrogen-bond acceptors (Lipinski definition) is 2. The summed E-state index contributed by atoms with van der Waals surface area (Å²) < 4.78 is 4.80. The van der Waals surface area contributed by atoms with Gasteiger partial charge in [0.15, 0.2) is 0 Å². The van der Waals surface area contributed by atoms with Crippen molar-refractivity contribution in [3.8, 4) is 0 Å². The minimum Gasteiger partial charge on any atom is -0.447 e. The van der Waals surface area contributed by atoms with E-state index in [1.807, 2.05) is 30.3 Å². The van der Waals surface area contributed by atoms with Gasteiger partial charge in [0.05, 0.1) is 6.04 Å². The van der Waals surface area contributed by atoms with Crippen molar-refractivity contribution in [3.05, 3.63) is 42.5 Å². The van der Waals surface area contributed by atoms with Crippen LogP contribution in [0.3, 0.4) is 0 Å². The van der Waals surface area contributed by atoms with Gasteiger partial charge in [-0.1, -0.05) is 36.9 Å². The number of cyclic esters (lactones) is 1. The molecule has 1 aromatic rings. The van der Waals surface area contributed by atoms with Crippen LogP contribution in [0.15, 0.2) is 36.9 Å². The van der Waals surface area contributed by atoms with Crippen molar-refractivity contribution in [2.45, 2.75) is 6.04 Å². The second-order valence-electron chi connectivity index (χ2n) is 3.19. The third kappa shape index (κ3) is 1.62. The van der Waals surface area contributed by atoms with Crippen molar-refractivity contribution in [2.75, 3.05) is 6.61 Å². The van der Waals surface area contributed by atoms with Gasteiger partial charge in [-0.15, -0.1) is 0 Å². The van der Waals surface area contributed by atoms with Crippen molar-refractivity contribution >= 4 is 11.7 Å². The summed E-state index contributed by atoms with van der Waals surface area (Å²) in [5, 5.41) is 2.69. The van der Waals surface area contributed by atoms with E-state index < -0.39 is 0 Å². The van der Waals surface area contributed by atoms with E-state index in [4.69, 9.17) is 4.74 Å². The van der Waals surface area contributed by atoms with Gasteiger partial charge in [0.25, 0.3) is 0 Å². The van der Waals surface area contributed by atoms with E-state index in [1.165, 1.54) is 0 Å². The number of benzene rings is 1. The van der Waals surface area contributed by atoms with Gasteiger partial charge in [0, 0.05) is 0 Å². The highest BCUT2D eigenvalue weighted by Crippen LogP contribution is 2.18. The van der Waals surface area contributed by atoms with Crippen LogP contribution in [-0.4, -0.2) is 18.7 Å². The minimum atomic E-state index is -0.368. The molecule has 1 atom stereocenters. The Bertz CT molecular complexity index is 359. The molecular weight excluding hydrogens is 178 g/mol. The van der Waals surface area contributed by atoms with Gasteiger partial charge in [0.1, 0.15) is 6.61 Å². The molecule has 1 aromatic carbocycles. The fourth-order valence-corrected chi connectivity index (χ4v) is 1.43. The lowest BCUT2D eigenvalue weighted by Gasteiger charge is -2.10. The van der Waals surface area contributed by atoms with Crippen LogP contribution in [0, 0.1) is 0 Å². The summed E-state index contributed by atoms with van der Waals surface area (Å²) in [7, 11) is 0. The predicted octanol–water partition coefficient (Wildman–Crippen LogP) is 1.81. The van der Waals surface area contributed by atoms with Crippen molar-refractivity contribution in [1.82, 2.24) is 5.32 Å². The number of hydrogen-bond donors (Lipinski definition) is 1. The Morgan fingerprint density at radius 2 is 2.14 bits per heavy atom. The second-order valence-corrected chi connectivity index (χ2v) is 3.19. The molecule has 1 fully saturated rings. The average Bonchev–Trinajstić information content (AvgIpc) is 2.65. The van der Waals surface area contributed by atoms with E-state index in [-0.39, 0.29) is 12.1 Å². The zero-order chi connectivity index (χ0) is 9.97. The third-order valence-electron chi connectivity index (χ3n) is 2.24. The number of carbonyl (C=O) groups excluding carboxylic acids is 1. The van der Waals surface area contributed by atoms with Crippen LogP contribution in [-0.2, 0) is 4.74 Å². The Hall–Kier alpha value is -1.77. The zero-order valence-electron chi connectivity index (χ0n) is 7.69. The molecule has 1 N–H and O–H groups in total. The molecule has 3 heteroatoms. The van der Waals surface area contributed by atoms with Crippen LogP contribution in [0.2, 0.25) is 0 Å². The predicted molar refractivity (Wildman–Crippen MR) is 53.7 cm³/mol. The van der Waals surface area contributed by atoms with E-state index in [9.17, 15) is 4.79 Å². The highest BCUT2D eigenvalue weighted by atomic mass is 16.6. The van der Waals surface area contributed by atoms with Crippen LogP contribution >= 0.6 is 0 Å². The van der Waals surface area contributed by atoms with Crippen LogP contribution in [0.25, 0.3) is 5.57 Å². The lowest BCUT2D eigenvalue weighted by Crippen LogP contribution is -2.26. The standard InChI is InChI=1S/C11H11NO2/c1-8(9-5-3-2-4-6-9)10-7-14-11(13)12-10/h2-6,10H,1,7H2,(H,12,13)/t10-/m0/s1. The first-order chi connectivity index (χ1) is 6.77. The molecule has 0 saturated carbocycles. The summed E-state index contributed by atoms with van der Waals surface area (Å²) in [6, 6.07) is 9.67. The number of nitrogens with one attached hydrogen (secondary N) is 1. The molecule has 1 saturated heterocycles. The molecule has 1 aliphatic rings. The van der Waals surface area contributed by atoms with Crippen molar-refractivity contribution in [1.29, 1.82) is 0 Å². The summed E-state index contributed by atoms with van der Waals surface area (Å²) in [5.74, 6) is 0. The molecule has 0 spiro atoms. The quantitative estimate of drug-likeness (QED) is 0.770. The summed E-state index contributed by atoms with van der Waals surface area (Å²) in [6.07, 6.45) is -0.368. The summed E-state index contributed by atoms with van der Waals surface area (Å²) >= 11 is 0. The average molecular weight is 189 g/mol. The monoisotopic (exact) mass is 189 g/mol. The molecule has 0 aromatic heterocycles. The van der Waals surface area contributed by atoms with Gasteiger partial charge in [-0.05, 0) is 11.1 Å². The van der Waals surface area contributed by atoms with Gasteiger partial charge >= 0.3 is 6.09 Å². The summed E-state index contributed by atoms with van der Waals surface area (Å²) in [5.41, 5.74) is 1.92. The number of ether oxygens (including phenoxy) is 1.